The van der Waals surface area contributed by atoms with Gasteiger partial charge in [0.2, 0.25) is 15.9 Å². The van der Waals surface area contributed by atoms with Gasteiger partial charge in [-0.05, 0) is 5.41 Å². The van der Waals surface area contributed by atoms with Crippen molar-refractivity contribution in [2.45, 2.75) is 39.3 Å². The Balaban J connectivity index is 2.87. The summed E-state index contributed by atoms with van der Waals surface area (Å²) in [5, 5.41) is 8.81. The van der Waals surface area contributed by atoms with Crippen molar-refractivity contribution in [2.75, 3.05) is 26.0 Å². The van der Waals surface area contributed by atoms with Gasteiger partial charge in [0.05, 0.1) is 25.4 Å². The van der Waals surface area contributed by atoms with Crippen molar-refractivity contribution in [3.8, 4) is 0 Å². The molecule has 2 atom stereocenters. The third-order valence-corrected chi connectivity index (χ3v) is 3.96. The molecule has 0 bridgehead atoms. The fourth-order valence-corrected chi connectivity index (χ4v) is 3.11. The minimum atomic E-state index is -3.55. The van der Waals surface area contributed by atoms with E-state index < -0.39 is 33.6 Å². The number of rotatable bonds is 5. The molecule has 1 amide bonds. The molecule has 1 fully saturated rings. The topological polar surface area (TPSA) is 113 Å². The highest BCUT2D eigenvalue weighted by molar-refractivity contribution is 7.88. The lowest BCUT2D eigenvalue weighted by Gasteiger charge is -2.38. The summed E-state index contributed by atoms with van der Waals surface area (Å²) in [6, 6.07) is -0.911. The second-order valence-electron chi connectivity index (χ2n) is 6.56. The Kier molecular flexibility index (Phi) is 5.94. The van der Waals surface area contributed by atoms with Crippen LogP contribution >= 0.6 is 0 Å². The first-order valence-corrected chi connectivity index (χ1v) is 8.89. The third-order valence-electron chi connectivity index (χ3n) is 3.30. The second kappa shape index (κ2) is 6.93. The Hall–Kier alpha value is -1.19. The number of carboxylic acids is 1. The van der Waals surface area contributed by atoms with Crippen LogP contribution in [-0.4, -0.2) is 68.4 Å². The summed E-state index contributed by atoms with van der Waals surface area (Å²) in [6.45, 7) is 5.99. The zero-order valence-corrected chi connectivity index (χ0v) is 14.1. The molecule has 1 heterocycles. The van der Waals surface area contributed by atoms with Crippen molar-refractivity contribution in [3.05, 3.63) is 0 Å². The fourth-order valence-electron chi connectivity index (χ4n) is 2.23. The van der Waals surface area contributed by atoms with Crippen molar-refractivity contribution < 1.29 is 27.9 Å². The second-order valence-corrected chi connectivity index (χ2v) is 8.34. The fraction of sp³-hybridized carbons (Fsp3) is 0.846. The number of hydrogen-bond donors (Lipinski definition) is 2. The zero-order chi connectivity index (χ0) is 17.1. The van der Waals surface area contributed by atoms with E-state index in [9.17, 15) is 18.0 Å². The molecule has 22 heavy (non-hydrogen) atoms. The van der Waals surface area contributed by atoms with Gasteiger partial charge in [0.25, 0.3) is 0 Å². The molecule has 128 valence electrons. The van der Waals surface area contributed by atoms with Gasteiger partial charge in [0, 0.05) is 13.1 Å². The molecular formula is C13H24N2O6S. The summed E-state index contributed by atoms with van der Waals surface area (Å²) in [5.74, 6) is -1.36. The lowest BCUT2D eigenvalue weighted by Crippen LogP contribution is -2.57. The van der Waals surface area contributed by atoms with Gasteiger partial charge in [-0.1, -0.05) is 20.8 Å². The zero-order valence-electron chi connectivity index (χ0n) is 13.3. The summed E-state index contributed by atoms with van der Waals surface area (Å²) in [5.41, 5.74) is -0.610. The summed E-state index contributed by atoms with van der Waals surface area (Å²) >= 11 is 0. The minimum absolute atomic E-state index is 0.142. The molecule has 2 N–H and O–H groups in total. The Morgan fingerprint density at radius 2 is 2.00 bits per heavy atom. The van der Waals surface area contributed by atoms with Crippen molar-refractivity contribution >= 4 is 21.9 Å². The van der Waals surface area contributed by atoms with E-state index in [0.29, 0.717) is 6.54 Å². The molecule has 1 rings (SSSR count). The van der Waals surface area contributed by atoms with Crippen LogP contribution in [0, 0.1) is 5.41 Å². The van der Waals surface area contributed by atoms with Crippen molar-refractivity contribution in [3.63, 3.8) is 0 Å². The predicted octanol–water partition coefficient (Wildman–Crippen LogP) is -0.348. The number of carboxylic acid groups (broad SMARTS) is 1. The molecule has 0 spiro atoms. The minimum Gasteiger partial charge on any atom is -0.481 e. The molecule has 0 aliphatic carbocycles. The lowest BCUT2D eigenvalue weighted by atomic mass is 9.86. The Morgan fingerprint density at radius 3 is 2.45 bits per heavy atom. The normalized spacial score (nSPS) is 21.5. The highest BCUT2D eigenvalue weighted by Crippen LogP contribution is 2.23. The van der Waals surface area contributed by atoms with Gasteiger partial charge in [-0.25, -0.2) is 13.1 Å². The first-order valence-electron chi connectivity index (χ1n) is 6.99. The SMILES string of the molecule is CC(C)(C)C(NS(C)(=O)=O)C(=O)N1CCOC(CC(=O)O)C1. The number of amides is 1. The molecule has 1 saturated heterocycles. The van der Waals surface area contributed by atoms with E-state index in [1.807, 2.05) is 0 Å². The maximum Gasteiger partial charge on any atom is 0.306 e. The van der Waals surface area contributed by atoms with E-state index in [1.54, 1.807) is 20.8 Å². The summed E-state index contributed by atoms with van der Waals surface area (Å²) in [6.07, 6.45) is 0.240. The number of morpholine rings is 1. The maximum absolute atomic E-state index is 12.7. The standard InChI is InChI=1S/C13H24N2O6S/c1-13(2,3)11(14-22(4,19)20)12(18)15-5-6-21-9(8-15)7-10(16)17/h9,11,14H,5-8H2,1-4H3,(H,16,17). The number of hydrogen-bond acceptors (Lipinski definition) is 5. The molecule has 1 aliphatic rings. The number of aliphatic carboxylic acids is 1. The van der Waals surface area contributed by atoms with E-state index >= 15 is 0 Å². The molecule has 2 unspecified atom stereocenters. The van der Waals surface area contributed by atoms with Crippen LogP contribution in [0.25, 0.3) is 0 Å². The quantitative estimate of drug-likeness (QED) is 0.710. The van der Waals surface area contributed by atoms with Crippen LogP contribution in [0.15, 0.2) is 0 Å². The smallest absolute Gasteiger partial charge is 0.306 e. The van der Waals surface area contributed by atoms with Crippen molar-refractivity contribution in [2.24, 2.45) is 5.41 Å². The molecule has 0 aromatic rings. The number of nitrogens with zero attached hydrogens (tertiary/aromatic N) is 1. The summed E-state index contributed by atoms with van der Waals surface area (Å²) in [4.78, 5) is 24.9. The first kappa shape index (κ1) is 18.9. The van der Waals surface area contributed by atoms with Gasteiger partial charge < -0.3 is 14.7 Å². The van der Waals surface area contributed by atoms with Crippen LogP contribution in [-0.2, 0) is 24.3 Å². The number of sulfonamides is 1. The average Bonchev–Trinajstić information content (AvgIpc) is 2.32. The maximum atomic E-state index is 12.7. The molecule has 0 saturated carbocycles. The highest BCUT2D eigenvalue weighted by Gasteiger charge is 2.38. The van der Waals surface area contributed by atoms with Crippen LogP contribution in [0.4, 0.5) is 0 Å². The molecule has 8 nitrogen and oxygen atoms in total. The van der Waals surface area contributed by atoms with Gasteiger partial charge in [0.15, 0.2) is 0 Å². The van der Waals surface area contributed by atoms with E-state index in [1.165, 1.54) is 4.90 Å². The Bertz CT molecular complexity index is 525. The van der Waals surface area contributed by atoms with Crippen LogP contribution in [0.3, 0.4) is 0 Å². The van der Waals surface area contributed by atoms with Crippen LogP contribution in [0.2, 0.25) is 0 Å². The number of ether oxygens (including phenoxy) is 1. The molecule has 0 radical (unpaired) electrons. The molecule has 9 heteroatoms. The van der Waals surface area contributed by atoms with E-state index in [-0.39, 0.29) is 25.5 Å². The Morgan fingerprint density at radius 1 is 1.41 bits per heavy atom. The van der Waals surface area contributed by atoms with E-state index in [0.717, 1.165) is 6.26 Å². The van der Waals surface area contributed by atoms with Gasteiger partial charge in [-0.15, -0.1) is 0 Å². The van der Waals surface area contributed by atoms with Gasteiger partial charge in [-0.2, -0.15) is 0 Å². The van der Waals surface area contributed by atoms with Crippen molar-refractivity contribution in [1.82, 2.24) is 9.62 Å². The van der Waals surface area contributed by atoms with Crippen LogP contribution in [0.5, 0.6) is 0 Å². The Labute approximate surface area is 130 Å². The molecule has 0 aromatic heterocycles. The number of carbonyl (C=O) groups excluding carboxylic acids is 1. The van der Waals surface area contributed by atoms with Gasteiger partial charge in [-0.3, -0.25) is 9.59 Å². The van der Waals surface area contributed by atoms with Crippen molar-refractivity contribution in [1.29, 1.82) is 0 Å². The lowest BCUT2D eigenvalue weighted by molar-refractivity contribution is -0.149. The highest BCUT2D eigenvalue weighted by atomic mass is 32.2. The summed E-state index contributed by atoms with van der Waals surface area (Å²) in [7, 11) is -3.55. The van der Waals surface area contributed by atoms with E-state index in [4.69, 9.17) is 9.84 Å². The third kappa shape index (κ3) is 5.90. The largest absolute Gasteiger partial charge is 0.481 e. The van der Waals surface area contributed by atoms with Crippen LogP contribution in [0.1, 0.15) is 27.2 Å². The average molecular weight is 336 g/mol. The van der Waals surface area contributed by atoms with Gasteiger partial charge >= 0.3 is 5.97 Å². The van der Waals surface area contributed by atoms with Crippen LogP contribution < -0.4 is 4.72 Å². The first-order chi connectivity index (χ1) is 9.90. The number of nitrogens with one attached hydrogen (secondary N) is 1. The molecule has 0 aromatic carbocycles. The van der Waals surface area contributed by atoms with Gasteiger partial charge in [0.1, 0.15) is 6.04 Å². The molecule has 1 aliphatic heterocycles. The number of carbonyl (C=O) groups is 2. The predicted molar refractivity (Wildman–Crippen MR) is 79.8 cm³/mol. The summed E-state index contributed by atoms with van der Waals surface area (Å²) < 4.78 is 30.7. The van der Waals surface area contributed by atoms with E-state index in [2.05, 4.69) is 4.72 Å². The molecular weight excluding hydrogens is 312 g/mol. The monoisotopic (exact) mass is 336 g/mol.